The lowest BCUT2D eigenvalue weighted by molar-refractivity contribution is 0.0946. The average molecular weight is 358 g/mol. The summed E-state index contributed by atoms with van der Waals surface area (Å²) in [5, 5.41) is 6.00. The van der Waals surface area contributed by atoms with Crippen LogP contribution in [0.1, 0.15) is 42.2 Å². The molecule has 0 aliphatic carbocycles. The molecule has 0 aliphatic rings. The molecule has 0 bridgehead atoms. The number of aromatic nitrogens is 2. The minimum absolute atomic E-state index is 0.251. The second kappa shape index (κ2) is 10.2. The summed E-state index contributed by atoms with van der Waals surface area (Å²) < 4.78 is 10.5. The van der Waals surface area contributed by atoms with Gasteiger partial charge < -0.3 is 20.1 Å². The van der Waals surface area contributed by atoms with E-state index in [0.29, 0.717) is 29.7 Å². The smallest absolute Gasteiger partial charge is 0.270 e. The number of rotatable bonds is 10. The normalized spacial score (nSPS) is 10.3. The first kappa shape index (κ1) is 19.5. The number of ether oxygens (including phenoxy) is 2. The van der Waals surface area contributed by atoms with Crippen molar-refractivity contribution in [3.63, 3.8) is 0 Å². The molecule has 1 amide bonds. The average Bonchev–Trinajstić information content (AvgIpc) is 2.69. The molecule has 1 heterocycles. The Morgan fingerprint density at radius 3 is 2.65 bits per heavy atom. The SMILES string of the molecule is CCCCCNc1nccc(C(=O)NCc2ccc(OC)c(OC)c2)n1. The van der Waals surface area contributed by atoms with Crippen LogP contribution in [0.3, 0.4) is 0 Å². The zero-order chi connectivity index (χ0) is 18.8. The van der Waals surface area contributed by atoms with Gasteiger partial charge in [-0.1, -0.05) is 25.8 Å². The van der Waals surface area contributed by atoms with Crippen molar-refractivity contribution in [1.29, 1.82) is 0 Å². The molecule has 0 aliphatic heterocycles. The minimum Gasteiger partial charge on any atom is -0.493 e. The van der Waals surface area contributed by atoms with Crippen LogP contribution in [0.4, 0.5) is 5.95 Å². The molecule has 0 saturated heterocycles. The predicted octanol–water partition coefficient (Wildman–Crippen LogP) is 3.03. The molecule has 1 aromatic carbocycles. The van der Waals surface area contributed by atoms with Gasteiger partial charge in [-0.05, 0) is 30.2 Å². The minimum atomic E-state index is -0.251. The molecule has 1 aromatic heterocycles. The molecule has 0 fully saturated rings. The highest BCUT2D eigenvalue weighted by atomic mass is 16.5. The van der Waals surface area contributed by atoms with E-state index in [1.54, 1.807) is 26.5 Å². The first-order chi connectivity index (χ1) is 12.7. The Morgan fingerprint density at radius 2 is 1.92 bits per heavy atom. The summed E-state index contributed by atoms with van der Waals surface area (Å²) in [7, 11) is 3.17. The zero-order valence-corrected chi connectivity index (χ0v) is 15.5. The van der Waals surface area contributed by atoms with Gasteiger partial charge in [0.2, 0.25) is 5.95 Å². The summed E-state index contributed by atoms with van der Waals surface area (Å²) in [6.07, 6.45) is 4.94. The number of anilines is 1. The highest BCUT2D eigenvalue weighted by molar-refractivity contribution is 5.92. The van der Waals surface area contributed by atoms with Crippen molar-refractivity contribution in [3.05, 3.63) is 41.7 Å². The van der Waals surface area contributed by atoms with Gasteiger partial charge in [0.1, 0.15) is 5.69 Å². The third-order valence-corrected chi connectivity index (χ3v) is 3.85. The number of unbranched alkanes of at least 4 members (excludes halogenated alkanes) is 2. The Morgan fingerprint density at radius 1 is 1.12 bits per heavy atom. The van der Waals surface area contributed by atoms with Crippen molar-refractivity contribution in [2.45, 2.75) is 32.7 Å². The topological polar surface area (TPSA) is 85.4 Å². The molecule has 0 radical (unpaired) electrons. The highest BCUT2D eigenvalue weighted by Crippen LogP contribution is 2.27. The fourth-order valence-electron chi connectivity index (χ4n) is 2.41. The first-order valence-corrected chi connectivity index (χ1v) is 8.74. The van der Waals surface area contributed by atoms with E-state index in [1.807, 2.05) is 18.2 Å². The maximum atomic E-state index is 12.3. The van der Waals surface area contributed by atoms with Crippen LogP contribution >= 0.6 is 0 Å². The van der Waals surface area contributed by atoms with Crippen LogP contribution in [-0.4, -0.2) is 36.6 Å². The fourth-order valence-corrected chi connectivity index (χ4v) is 2.41. The van der Waals surface area contributed by atoms with Gasteiger partial charge in [0.05, 0.1) is 14.2 Å². The monoisotopic (exact) mass is 358 g/mol. The van der Waals surface area contributed by atoms with E-state index >= 15 is 0 Å². The van der Waals surface area contributed by atoms with E-state index in [2.05, 4.69) is 27.5 Å². The number of methoxy groups -OCH3 is 2. The van der Waals surface area contributed by atoms with E-state index in [1.165, 1.54) is 0 Å². The zero-order valence-electron chi connectivity index (χ0n) is 15.5. The van der Waals surface area contributed by atoms with Gasteiger partial charge in [0.15, 0.2) is 11.5 Å². The van der Waals surface area contributed by atoms with Crippen LogP contribution in [0, 0.1) is 0 Å². The third-order valence-electron chi connectivity index (χ3n) is 3.85. The lowest BCUT2D eigenvalue weighted by Crippen LogP contribution is -2.24. The molecule has 26 heavy (non-hydrogen) atoms. The van der Waals surface area contributed by atoms with Gasteiger partial charge in [-0.15, -0.1) is 0 Å². The van der Waals surface area contributed by atoms with Crippen molar-refractivity contribution in [2.24, 2.45) is 0 Å². The van der Waals surface area contributed by atoms with Gasteiger partial charge in [-0.25, -0.2) is 9.97 Å². The number of nitrogens with one attached hydrogen (secondary N) is 2. The summed E-state index contributed by atoms with van der Waals surface area (Å²) >= 11 is 0. The van der Waals surface area contributed by atoms with E-state index in [-0.39, 0.29) is 5.91 Å². The predicted molar refractivity (Wildman–Crippen MR) is 101 cm³/mol. The summed E-state index contributed by atoms with van der Waals surface area (Å²) in [6, 6.07) is 7.12. The van der Waals surface area contributed by atoms with Crippen molar-refractivity contribution in [3.8, 4) is 11.5 Å². The number of carbonyl (C=O) groups excluding carboxylic acids is 1. The molecular weight excluding hydrogens is 332 g/mol. The van der Waals surface area contributed by atoms with Crippen molar-refractivity contribution < 1.29 is 14.3 Å². The highest BCUT2D eigenvalue weighted by Gasteiger charge is 2.10. The summed E-state index contributed by atoms with van der Waals surface area (Å²) in [5.41, 5.74) is 1.24. The van der Waals surface area contributed by atoms with Crippen LogP contribution in [0.15, 0.2) is 30.5 Å². The lowest BCUT2D eigenvalue weighted by Gasteiger charge is -2.10. The second-order valence-electron chi connectivity index (χ2n) is 5.77. The number of hydrogen-bond donors (Lipinski definition) is 2. The molecule has 0 unspecified atom stereocenters. The van der Waals surface area contributed by atoms with Crippen LogP contribution in [0.5, 0.6) is 11.5 Å². The lowest BCUT2D eigenvalue weighted by atomic mass is 10.2. The molecule has 0 spiro atoms. The molecule has 7 nitrogen and oxygen atoms in total. The molecule has 2 rings (SSSR count). The van der Waals surface area contributed by atoms with E-state index in [4.69, 9.17) is 9.47 Å². The van der Waals surface area contributed by atoms with E-state index in [9.17, 15) is 4.79 Å². The van der Waals surface area contributed by atoms with Gasteiger partial charge in [0.25, 0.3) is 5.91 Å². The van der Waals surface area contributed by atoms with Crippen LogP contribution in [0.25, 0.3) is 0 Å². The second-order valence-corrected chi connectivity index (χ2v) is 5.77. The summed E-state index contributed by atoms with van der Waals surface area (Å²) in [6.45, 7) is 3.31. The van der Waals surface area contributed by atoms with Crippen molar-refractivity contribution in [2.75, 3.05) is 26.1 Å². The maximum Gasteiger partial charge on any atom is 0.270 e. The largest absolute Gasteiger partial charge is 0.493 e. The number of amides is 1. The Kier molecular flexibility index (Phi) is 7.67. The van der Waals surface area contributed by atoms with Crippen molar-refractivity contribution in [1.82, 2.24) is 15.3 Å². The maximum absolute atomic E-state index is 12.3. The Labute approximate surface area is 154 Å². The van der Waals surface area contributed by atoms with Crippen LogP contribution < -0.4 is 20.1 Å². The molecule has 140 valence electrons. The molecule has 2 N–H and O–H groups in total. The standard InChI is InChI=1S/C19H26N4O3/c1-4-5-6-10-20-19-21-11-9-15(23-19)18(24)22-13-14-7-8-16(25-2)17(12-14)26-3/h7-9,11-12H,4-6,10,13H2,1-3H3,(H,22,24)(H,20,21,23). The quantitative estimate of drug-likeness (QED) is 0.635. The number of benzene rings is 1. The fraction of sp³-hybridized carbons (Fsp3) is 0.421. The first-order valence-electron chi connectivity index (χ1n) is 8.74. The molecule has 0 saturated carbocycles. The van der Waals surface area contributed by atoms with Gasteiger partial charge in [-0.3, -0.25) is 4.79 Å². The number of nitrogens with zero attached hydrogens (tertiary/aromatic N) is 2. The van der Waals surface area contributed by atoms with Crippen LogP contribution in [0.2, 0.25) is 0 Å². The Balaban J connectivity index is 1.93. The van der Waals surface area contributed by atoms with Gasteiger partial charge in [0, 0.05) is 19.3 Å². The molecule has 2 aromatic rings. The molecule has 0 atom stereocenters. The molecular formula is C19H26N4O3. The van der Waals surface area contributed by atoms with Crippen LogP contribution in [-0.2, 0) is 6.54 Å². The van der Waals surface area contributed by atoms with Crippen molar-refractivity contribution >= 4 is 11.9 Å². The Bertz CT molecular complexity index is 722. The Hall–Kier alpha value is -2.83. The van der Waals surface area contributed by atoms with Gasteiger partial charge in [-0.2, -0.15) is 0 Å². The van der Waals surface area contributed by atoms with Gasteiger partial charge >= 0.3 is 0 Å². The van der Waals surface area contributed by atoms with E-state index < -0.39 is 0 Å². The summed E-state index contributed by atoms with van der Waals surface area (Å²) in [5.74, 6) is 1.50. The number of hydrogen-bond acceptors (Lipinski definition) is 6. The molecule has 7 heteroatoms. The summed E-state index contributed by atoms with van der Waals surface area (Å²) in [4.78, 5) is 20.8. The number of carbonyl (C=O) groups is 1. The van der Waals surface area contributed by atoms with E-state index in [0.717, 1.165) is 31.4 Å². The third kappa shape index (κ3) is 5.61.